The van der Waals surface area contributed by atoms with Gasteiger partial charge in [0.1, 0.15) is 5.82 Å². The minimum atomic E-state index is -0.152. The van der Waals surface area contributed by atoms with Gasteiger partial charge < -0.3 is 24.8 Å². The average Bonchev–Trinajstić information content (AvgIpc) is 3.08. The van der Waals surface area contributed by atoms with E-state index in [1.165, 1.54) is 0 Å². The van der Waals surface area contributed by atoms with Crippen LogP contribution in [0.1, 0.15) is 15.9 Å². The Labute approximate surface area is 139 Å². The van der Waals surface area contributed by atoms with Crippen molar-refractivity contribution in [1.29, 1.82) is 0 Å². The van der Waals surface area contributed by atoms with Gasteiger partial charge in [0.25, 0.3) is 5.91 Å². The average molecular weight is 329 g/mol. The first kappa shape index (κ1) is 16.1. The maximum Gasteiger partial charge on any atom is 0.251 e. The minimum absolute atomic E-state index is 0.152. The van der Waals surface area contributed by atoms with Crippen molar-refractivity contribution in [3.63, 3.8) is 0 Å². The largest absolute Gasteiger partial charge is 0.454 e. The van der Waals surface area contributed by atoms with E-state index in [0.717, 1.165) is 17.1 Å². The number of nitrogens with one attached hydrogen (secondary N) is 2. The number of carbonyl (C=O) groups excluding carboxylic acids is 1. The number of amides is 1. The Morgan fingerprint density at radius 2 is 2.12 bits per heavy atom. The number of carbonyl (C=O) groups is 1. The molecule has 0 saturated carbocycles. The lowest BCUT2D eigenvalue weighted by molar-refractivity contribution is 0.0937. The number of rotatable bonds is 7. The number of hydrogen-bond acceptors (Lipinski definition) is 6. The van der Waals surface area contributed by atoms with Crippen LogP contribution in [0.25, 0.3) is 0 Å². The summed E-state index contributed by atoms with van der Waals surface area (Å²) >= 11 is 0. The first-order valence-electron chi connectivity index (χ1n) is 7.62. The SMILES string of the molecule is COCCNC(=O)c1ccnc(NCc2ccc3c(c2)OCO3)c1. The van der Waals surface area contributed by atoms with Gasteiger partial charge in [-0.25, -0.2) is 4.98 Å². The maximum absolute atomic E-state index is 12.0. The van der Waals surface area contributed by atoms with Gasteiger partial charge in [0, 0.05) is 32.0 Å². The lowest BCUT2D eigenvalue weighted by atomic mass is 10.2. The summed E-state index contributed by atoms with van der Waals surface area (Å²) in [6.07, 6.45) is 1.60. The van der Waals surface area contributed by atoms with Crippen LogP contribution in [0.2, 0.25) is 0 Å². The molecule has 0 saturated heterocycles. The van der Waals surface area contributed by atoms with Gasteiger partial charge in [-0.2, -0.15) is 0 Å². The van der Waals surface area contributed by atoms with E-state index < -0.39 is 0 Å². The molecule has 24 heavy (non-hydrogen) atoms. The van der Waals surface area contributed by atoms with Crippen LogP contribution in [0, 0.1) is 0 Å². The predicted octanol–water partition coefficient (Wildman–Crippen LogP) is 1.80. The van der Waals surface area contributed by atoms with E-state index in [9.17, 15) is 4.79 Å². The molecule has 0 fully saturated rings. The highest BCUT2D eigenvalue weighted by Gasteiger charge is 2.13. The number of fused-ring (bicyclic) bond motifs is 1. The number of anilines is 1. The third kappa shape index (κ3) is 3.94. The number of ether oxygens (including phenoxy) is 3. The number of methoxy groups -OCH3 is 1. The molecular weight excluding hydrogens is 310 g/mol. The molecule has 1 aliphatic heterocycles. The number of pyridine rings is 1. The molecule has 0 unspecified atom stereocenters. The molecule has 2 N–H and O–H groups in total. The Bertz CT molecular complexity index is 721. The van der Waals surface area contributed by atoms with Crippen LogP contribution in [-0.2, 0) is 11.3 Å². The monoisotopic (exact) mass is 329 g/mol. The highest BCUT2D eigenvalue weighted by atomic mass is 16.7. The van der Waals surface area contributed by atoms with E-state index in [2.05, 4.69) is 15.6 Å². The fourth-order valence-electron chi connectivity index (χ4n) is 2.28. The van der Waals surface area contributed by atoms with Crippen LogP contribution in [0.3, 0.4) is 0 Å². The van der Waals surface area contributed by atoms with Crippen molar-refractivity contribution >= 4 is 11.7 Å². The van der Waals surface area contributed by atoms with Gasteiger partial charge in [-0.3, -0.25) is 4.79 Å². The Balaban J connectivity index is 1.59. The van der Waals surface area contributed by atoms with Gasteiger partial charge in [-0.1, -0.05) is 6.07 Å². The minimum Gasteiger partial charge on any atom is -0.454 e. The van der Waals surface area contributed by atoms with Crippen LogP contribution in [-0.4, -0.2) is 37.9 Å². The third-order valence-corrected chi connectivity index (χ3v) is 3.52. The van der Waals surface area contributed by atoms with Crippen molar-refractivity contribution in [3.05, 3.63) is 47.7 Å². The van der Waals surface area contributed by atoms with Crippen LogP contribution in [0.4, 0.5) is 5.82 Å². The van der Waals surface area contributed by atoms with E-state index in [1.54, 1.807) is 25.4 Å². The fraction of sp³-hybridized carbons (Fsp3) is 0.294. The first-order chi connectivity index (χ1) is 11.8. The summed E-state index contributed by atoms with van der Waals surface area (Å²) in [5.41, 5.74) is 1.59. The summed E-state index contributed by atoms with van der Waals surface area (Å²) < 4.78 is 15.6. The molecule has 0 atom stereocenters. The summed E-state index contributed by atoms with van der Waals surface area (Å²) in [5.74, 6) is 1.98. The molecule has 7 nitrogen and oxygen atoms in total. The Hall–Kier alpha value is -2.80. The van der Waals surface area contributed by atoms with E-state index in [1.807, 2.05) is 18.2 Å². The van der Waals surface area contributed by atoms with Gasteiger partial charge in [0.05, 0.1) is 6.61 Å². The summed E-state index contributed by atoms with van der Waals surface area (Å²) in [5, 5.41) is 5.98. The molecule has 0 spiro atoms. The predicted molar refractivity (Wildman–Crippen MR) is 88.3 cm³/mol. The van der Waals surface area contributed by atoms with Crippen molar-refractivity contribution in [2.24, 2.45) is 0 Å². The molecule has 126 valence electrons. The topological polar surface area (TPSA) is 81.7 Å². The van der Waals surface area contributed by atoms with Crippen molar-refractivity contribution in [2.75, 3.05) is 32.4 Å². The van der Waals surface area contributed by atoms with Gasteiger partial charge in [-0.15, -0.1) is 0 Å². The molecule has 1 aromatic carbocycles. The van der Waals surface area contributed by atoms with Crippen molar-refractivity contribution < 1.29 is 19.0 Å². The second-order valence-corrected chi connectivity index (χ2v) is 5.22. The van der Waals surface area contributed by atoms with Crippen LogP contribution < -0.4 is 20.1 Å². The quantitative estimate of drug-likeness (QED) is 0.754. The zero-order valence-electron chi connectivity index (χ0n) is 13.4. The molecule has 0 radical (unpaired) electrons. The van der Waals surface area contributed by atoms with E-state index >= 15 is 0 Å². The van der Waals surface area contributed by atoms with Gasteiger partial charge >= 0.3 is 0 Å². The lowest BCUT2D eigenvalue weighted by Gasteiger charge is -2.09. The van der Waals surface area contributed by atoms with Crippen LogP contribution >= 0.6 is 0 Å². The lowest BCUT2D eigenvalue weighted by Crippen LogP contribution is -2.27. The zero-order chi connectivity index (χ0) is 16.8. The third-order valence-electron chi connectivity index (χ3n) is 3.52. The van der Waals surface area contributed by atoms with E-state index in [-0.39, 0.29) is 12.7 Å². The Morgan fingerprint density at radius 3 is 3.00 bits per heavy atom. The molecule has 2 aromatic rings. The first-order valence-corrected chi connectivity index (χ1v) is 7.62. The molecule has 7 heteroatoms. The second kappa shape index (κ2) is 7.65. The number of aromatic nitrogens is 1. The summed E-state index contributed by atoms with van der Waals surface area (Å²) in [6.45, 7) is 1.77. The Morgan fingerprint density at radius 1 is 1.25 bits per heavy atom. The molecule has 1 aliphatic rings. The van der Waals surface area contributed by atoms with Crippen molar-refractivity contribution in [3.8, 4) is 11.5 Å². The molecule has 3 rings (SSSR count). The van der Waals surface area contributed by atoms with Crippen molar-refractivity contribution in [1.82, 2.24) is 10.3 Å². The zero-order valence-corrected chi connectivity index (χ0v) is 13.4. The normalized spacial score (nSPS) is 12.0. The summed E-state index contributed by atoms with van der Waals surface area (Å²) in [7, 11) is 1.59. The summed E-state index contributed by atoms with van der Waals surface area (Å²) in [4.78, 5) is 16.3. The van der Waals surface area contributed by atoms with Crippen molar-refractivity contribution in [2.45, 2.75) is 6.54 Å². The molecule has 2 heterocycles. The highest BCUT2D eigenvalue weighted by molar-refractivity contribution is 5.94. The number of nitrogens with zero attached hydrogens (tertiary/aromatic N) is 1. The maximum atomic E-state index is 12.0. The molecule has 0 bridgehead atoms. The highest BCUT2D eigenvalue weighted by Crippen LogP contribution is 2.32. The molecule has 0 aliphatic carbocycles. The molecule has 1 amide bonds. The molecular formula is C17H19N3O4. The Kier molecular flexibility index (Phi) is 5.12. The second-order valence-electron chi connectivity index (χ2n) is 5.22. The van der Waals surface area contributed by atoms with E-state index in [0.29, 0.717) is 31.1 Å². The van der Waals surface area contributed by atoms with Gasteiger partial charge in [0.2, 0.25) is 6.79 Å². The summed E-state index contributed by atoms with van der Waals surface area (Å²) in [6, 6.07) is 9.16. The smallest absolute Gasteiger partial charge is 0.251 e. The van der Waals surface area contributed by atoms with Gasteiger partial charge in [0.15, 0.2) is 11.5 Å². The molecule has 1 aromatic heterocycles. The van der Waals surface area contributed by atoms with E-state index in [4.69, 9.17) is 14.2 Å². The standard InChI is InChI=1S/C17H19N3O4/c1-22-7-6-19-17(21)13-4-5-18-16(9-13)20-10-12-2-3-14-15(8-12)24-11-23-14/h2-5,8-9H,6-7,10-11H2,1H3,(H,18,20)(H,19,21). The van der Waals surface area contributed by atoms with Crippen LogP contribution in [0.15, 0.2) is 36.5 Å². The number of hydrogen-bond donors (Lipinski definition) is 2. The number of benzene rings is 1. The fourth-order valence-corrected chi connectivity index (χ4v) is 2.28. The van der Waals surface area contributed by atoms with Gasteiger partial charge in [-0.05, 0) is 29.8 Å². The van der Waals surface area contributed by atoms with Crippen LogP contribution in [0.5, 0.6) is 11.5 Å².